The van der Waals surface area contributed by atoms with Gasteiger partial charge in [-0.3, -0.25) is 18.9 Å². The maximum atomic E-state index is 14.7. The molecule has 0 saturated carbocycles. The van der Waals surface area contributed by atoms with Gasteiger partial charge in [0.1, 0.15) is 0 Å². The quantitative estimate of drug-likeness (QED) is 0.143. The van der Waals surface area contributed by atoms with Crippen LogP contribution < -0.4 is 5.69 Å². The third kappa shape index (κ3) is 7.28. The Kier molecular flexibility index (Phi) is 10.2. The highest BCUT2D eigenvalue weighted by Crippen LogP contribution is 2.40. The maximum absolute atomic E-state index is 14.7. The van der Waals surface area contributed by atoms with Crippen LogP contribution in [-0.4, -0.2) is 42.8 Å². The van der Waals surface area contributed by atoms with Gasteiger partial charge in [-0.1, -0.05) is 133 Å². The van der Waals surface area contributed by atoms with E-state index in [1.807, 2.05) is 94.1 Å². The van der Waals surface area contributed by atoms with Crippen LogP contribution in [0.1, 0.15) is 47.6 Å². The first-order valence-corrected chi connectivity index (χ1v) is 17.7. The van der Waals surface area contributed by atoms with Crippen LogP contribution in [0, 0.1) is 5.92 Å². The lowest BCUT2D eigenvalue weighted by Gasteiger charge is -2.49. The van der Waals surface area contributed by atoms with Gasteiger partial charge in [0, 0.05) is 31.6 Å². The fourth-order valence-electron chi connectivity index (χ4n) is 7.92. The molecule has 7 nitrogen and oxygen atoms in total. The number of rotatable bonds is 12. The van der Waals surface area contributed by atoms with E-state index in [1.165, 1.54) is 5.56 Å². The molecule has 5 aromatic carbocycles. The van der Waals surface area contributed by atoms with Gasteiger partial charge >= 0.3 is 11.8 Å². The number of fused-ring (bicyclic) bond motifs is 1. The molecule has 2 heterocycles. The van der Waals surface area contributed by atoms with E-state index in [-0.39, 0.29) is 17.6 Å². The average molecular weight is 665 g/mol. The topological polar surface area (TPSA) is 70.7 Å². The molecule has 1 N–H and O–H groups in total. The molecule has 254 valence electrons. The second kappa shape index (κ2) is 15.4. The number of amides is 1. The lowest BCUT2D eigenvalue weighted by Crippen LogP contribution is -2.59. The van der Waals surface area contributed by atoms with Crippen molar-refractivity contribution < 1.29 is 9.90 Å². The Morgan fingerprint density at radius 1 is 0.660 bits per heavy atom. The third-order valence-corrected chi connectivity index (χ3v) is 10.2. The normalized spacial score (nSPS) is 17.7. The van der Waals surface area contributed by atoms with Gasteiger partial charge in [-0.2, -0.15) is 0 Å². The second-order valence-corrected chi connectivity index (χ2v) is 13.4. The van der Waals surface area contributed by atoms with Crippen molar-refractivity contribution in [3.05, 3.63) is 178 Å². The van der Waals surface area contributed by atoms with Gasteiger partial charge in [0.15, 0.2) is 0 Å². The lowest BCUT2D eigenvalue weighted by atomic mass is 9.83. The number of hydrogen-bond acceptors (Lipinski definition) is 3. The molecular formula is C43H44N4O3. The number of benzene rings is 5. The number of piperidine rings is 1. The van der Waals surface area contributed by atoms with E-state index < -0.39 is 12.3 Å². The van der Waals surface area contributed by atoms with Crippen LogP contribution in [0.15, 0.2) is 150 Å². The summed E-state index contributed by atoms with van der Waals surface area (Å²) in [5, 5.41) is 10.8. The lowest BCUT2D eigenvalue weighted by molar-refractivity contribution is -0.0492. The van der Waals surface area contributed by atoms with E-state index in [1.54, 1.807) is 4.90 Å². The van der Waals surface area contributed by atoms with Crippen LogP contribution in [0.3, 0.4) is 0 Å². The van der Waals surface area contributed by atoms with E-state index in [0.717, 1.165) is 47.0 Å². The van der Waals surface area contributed by atoms with Gasteiger partial charge in [0.05, 0.1) is 23.7 Å². The number of carbonyl (C=O) groups is 1. The predicted octanol–water partition coefficient (Wildman–Crippen LogP) is 8.44. The predicted molar refractivity (Wildman–Crippen MR) is 199 cm³/mol. The van der Waals surface area contributed by atoms with E-state index >= 15 is 0 Å². The summed E-state index contributed by atoms with van der Waals surface area (Å²) in [5.74, 6) is -0.148. The summed E-state index contributed by atoms with van der Waals surface area (Å²) < 4.78 is 3.89. The zero-order chi connectivity index (χ0) is 34.3. The Morgan fingerprint density at radius 2 is 1.16 bits per heavy atom. The molecule has 1 fully saturated rings. The summed E-state index contributed by atoms with van der Waals surface area (Å²) >= 11 is 0. The molecular weight excluding hydrogens is 620 g/mol. The van der Waals surface area contributed by atoms with Crippen molar-refractivity contribution in [3.63, 3.8) is 0 Å². The Hall–Kier alpha value is -5.40. The molecule has 7 heteroatoms. The first-order chi connectivity index (χ1) is 24.6. The molecule has 1 aliphatic rings. The van der Waals surface area contributed by atoms with Crippen LogP contribution in [0.2, 0.25) is 0 Å². The summed E-state index contributed by atoms with van der Waals surface area (Å²) in [6, 6.07) is 49.0. The van der Waals surface area contributed by atoms with Crippen molar-refractivity contribution >= 4 is 17.1 Å². The first kappa shape index (κ1) is 33.1. The standard InChI is InChI=1S/C43H44N4O3/c48-42-46(32-36-22-11-4-12-23-36)39-26-13-14-27-40(39)47(42)38-28-29-45(43(49)50)41(37(38)25-15-24-33-16-5-1-6-17-33)44(30-34-18-7-2-8-19-34)31-35-20-9-3-10-21-35/h1-14,16-23,26-27,37-38,41H,15,24-25,28-32H2,(H,49,50)/t37?,38-,41-/m0/s1. The molecule has 1 aliphatic heterocycles. The Balaban J connectivity index is 1.34. The Labute approximate surface area is 293 Å². The fourth-order valence-corrected chi connectivity index (χ4v) is 7.92. The van der Waals surface area contributed by atoms with Crippen molar-refractivity contribution in [1.29, 1.82) is 0 Å². The number of aryl methyl sites for hydroxylation is 1. The number of likely N-dealkylation sites (tertiary alicyclic amines) is 1. The number of nitrogens with zero attached hydrogens (tertiary/aromatic N) is 4. The Bertz CT molecular complexity index is 2000. The molecule has 50 heavy (non-hydrogen) atoms. The van der Waals surface area contributed by atoms with Gasteiger partial charge in [0.2, 0.25) is 0 Å². The average Bonchev–Trinajstić information content (AvgIpc) is 3.43. The number of carboxylic acid groups (broad SMARTS) is 1. The molecule has 1 unspecified atom stereocenters. The van der Waals surface area contributed by atoms with Gasteiger partial charge in [-0.15, -0.1) is 0 Å². The van der Waals surface area contributed by atoms with Crippen molar-refractivity contribution in [2.75, 3.05) is 6.54 Å². The van der Waals surface area contributed by atoms with Gasteiger partial charge in [0.25, 0.3) is 0 Å². The molecule has 0 aliphatic carbocycles. The van der Waals surface area contributed by atoms with E-state index in [2.05, 4.69) is 65.6 Å². The SMILES string of the molecule is O=C(O)N1CC[C@H](n2c(=O)n(Cc3ccccc3)c3ccccc32)C(CCCc2ccccc2)[C@H]1N(Cc1ccccc1)Cc1ccccc1. The van der Waals surface area contributed by atoms with Crippen LogP contribution in [0.5, 0.6) is 0 Å². The zero-order valence-electron chi connectivity index (χ0n) is 28.3. The first-order valence-electron chi connectivity index (χ1n) is 17.7. The van der Waals surface area contributed by atoms with Crippen molar-refractivity contribution in [3.8, 4) is 0 Å². The minimum Gasteiger partial charge on any atom is -0.465 e. The van der Waals surface area contributed by atoms with Gasteiger partial charge < -0.3 is 5.11 Å². The van der Waals surface area contributed by atoms with Crippen LogP contribution in [-0.2, 0) is 26.1 Å². The molecule has 0 radical (unpaired) electrons. The van der Waals surface area contributed by atoms with Crippen molar-refractivity contribution in [2.24, 2.45) is 5.92 Å². The third-order valence-electron chi connectivity index (χ3n) is 10.2. The number of aromatic nitrogens is 2. The molecule has 1 aromatic heterocycles. The summed E-state index contributed by atoms with van der Waals surface area (Å²) in [6.45, 7) is 1.97. The van der Waals surface area contributed by atoms with E-state index in [9.17, 15) is 14.7 Å². The second-order valence-electron chi connectivity index (χ2n) is 13.4. The minimum absolute atomic E-state index is 0.0479. The summed E-state index contributed by atoms with van der Waals surface area (Å²) in [5.41, 5.74) is 6.30. The molecule has 3 atom stereocenters. The minimum atomic E-state index is -0.925. The van der Waals surface area contributed by atoms with Crippen LogP contribution in [0.4, 0.5) is 4.79 Å². The summed E-state index contributed by atoms with van der Waals surface area (Å²) in [7, 11) is 0. The number of imidazole rings is 1. The maximum Gasteiger partial charge on any atom is 0.408 e. The highest BCUT2D eigenvalue weighted by Gasteiger charge is 2.45. The monoisotopic (exact) mass is 664 g/mol. The van der Waals surface area contributed by atoms with Crippen LogP contribution >= 0.6 is 0 Å². The van der Waals surface area contributed by atoms with Crippen molar-refractivity contribution in [1.82, 2.24) is 18.9 Å². The van der Waals surface area contributed by atoms with Gasteiger partial charge in [-0.25, -0.2) is 9.59 Å². The van der Waals surface area contributed by atoms with Crippen LogP contribution in [0.25, 0.3) is 11.0 Å². The highest BCUT2D eigenvalue weighted by molar-refractivity contribution is 5.76. The van der Waals surface area contributed by atoms with E-state index in [4.69, 9.17) is 0 Å². The largest absolute Gasteiger partial charge is 0.465 e. The highest BCUT2D eigenvalue weighted by atomic mass is 16.4. The number of hydrogen-bond donors (Lipinski definition) is 1. The summed E-state index contributed by atoms with van der Waals surface area (Å²) in [4.78, 5) is 31.8. The summed E-state index contributed by atoms with van der Waals surface area (Å²) in [6.07, 6.45) is 1.70. The Morgan fingerprint density at radius 3 is 1.72 bits per heavy atom. The zero-order valence-corrected chi connectivity index (χ0v) is 28.3. The molecule has 6 aromatic rings. The molecule has 0 spiro atoms. The van der Waals surface area contributed by atoms with E-state index in [0.29, 0.717) is 32.6 Å². The molecule has 1 amide bonds. The molecule has 7 rings (SSSR count). The van der Waals surface area contributed by atoms with Crippen molar-refractivity contribution in [2.45, 2.75) is 57.5 Å². The fraction of sp³-hybridized carbons (Fsp3) is 0.256. The molecule has 1 saturated heterocycles. The molecule has 0 bridgehead atoms. The van der Waals surface area contributed by atoms with Gasteiger partial charge in [-0.05, 0) is 60.1 Å². The smallest absolute Gasteiger partial charge is 0.408 e. The number of para-hydroxylation sites is 2.